The molecule has 20 heavy (non-hydrogen) atoms. The normalized spacial score (nSPS) is 11.9. The molecule has 0 fully saturated rings. The molecular weight excluding hydrogens is 274 g/mol. The zero-order valence-corrected chi connectivity index (χ0v) is 13.5. The topological polar surface area (TPSA) is 75.4 Å². The fourth-order valence-corrected chi connectivity index (χ4v) is 3.91. The van der Waals surface area contributed by atoms with Crippen molar-refractivity contribution in [2.75, 3.05) is 19.0 Å². The van der Waals surface area contributed by atoms with Gasteiger partial charge in [-0.15, -0.1) is 0 Å². The highest BCUT2D eigenvalue weighted by molar-refractivity contribution is 7.89. The van der Waals surface area contributed by atoms with Crippen LogP contribution in [0.1, 0.15) is 37.3 Å². The van der Waals surface area contributed by atoms with Gasteiger partial charge in [0, 0.05) is 19.3 Å². The monoisotopic (exact) mass is 299 g/mol. The van der Waals surface area contributed by atoms with E-state index in [0.717, 1.165) is 19.3 Å². The van der Waals surface area contributed by atoms with Crippen molar-refractivity contribution in [1.29, 1.82) is 0 Å². The molecule has 0 aromatic heterocycles. The molecular formula is C14H25N3O2S. The molecule has 0 aliphatic heterocycles. The molecule has 3 N–H and O–H groups in total. The lowest BCUT2D eigenvalue weighted by molar-refractivity contribution is 0.453. The molecule has 0 aliphatic rings. The zero-order valence-electron chi connectivity index (χ0n) is 12.7. The van der Waals surface area contributed by atoms with E-state index in [9.17, 15) is 8.42 Å². The number of aryl methyl sites for hydroxylation is 2. The van der Waals surface area contributed by atoms with Crippen molar-refractivity contribution >= 4 is 15.7 Å². The summed E-state index contributed by atoms with van der Waals surface area (Å²) in [5.74, 6) is 5.38. The van der Waals surface area contributed by atoms with E-state index in [1.807, 2.05) is 0 Å². The largest absolute Gasteiger partial charge is 0.324 e. The fourth-order valence-electron chi connectivity index (χ4n) is 2.30. The summed E-state index contributed by atoms with van der Waals surface area (Å²) in [6, 6.07) is 3.50. The Hall–Kier alpha value is -1.11. The molecule has 1 rings (SSSR count). The molecule has 1 aromatic carbocycles. The van der Waals surface area contributed by atoms with Crippen LogP contribution in [0.3, 0.4) is 0 Å². The minimum atomic E-state index is -3.44. The van der Waals surface area contributed by atoms with E-state index in [1.165, 1.54) is 4.31 Å². The number of hydrogen-bond acceptors (Lipinski definition) is 4. The number of nitrogens with two attached hydrogens (primary N) is 1. The molecule has 0 aliphatic carbocycles. The standard InChI is InChI=1S/C14H25N3O2S/c1-5-6-7-8-17(4)20(18,19)14-11(2)9-13(16-15)10-12(14)3/h9-10,16H,5-8,15H2,1-4H3. The maximum absolute atomic E-state index is 12.6. The summed E-state index contributed by atoms with van der Waals surface area (Å²) < 4.78 is 26.7. The number of nitrogens with one attached hydrogen (secondary N) is 1. The average molecular weight is 299 g/mol. The van der Waals surface area contributed by atoms with Crippen molar-refractivity contribution in [2.24, 2.45) is 5.84 Å². The second-order valence-corrected chi connectivity index (χ2v) is 7.10. The molecule has 0 radical (unpaired) electrons. The van der Waals surface area contributed by atoms with Crippen molar-refractivity contribution in [1.82, 2.24) is 4.31 Å². The Labute approximate surface area is 122 Å². The van der Waals surface area contributed by atoms with Gasteiger partial charge in [-0.3, -0.25) is 5.84 Å². The molecule has 0 saturated carbocycles. The summed E-state index contributed by atoms with van der Waals surface area (Å²) in [4.78, 5) is 0.385. The lowest BCUT2D eigenvalue weighted by Crippen LogP contribution is -2.29. The second kappa shape index (κ2) is 7.06. The molecule has 0 spiro atoms. The minimum absolute atomic E-state index is 0.385. The van der Waals surface area contributed by atoms with E-state index in [1.54, 1.807) is 33.0 Å². The predicted octanol–water partition coefficient (Wildman–Crippen LogP) is 2.40. The highest BCUT2D eigenvalue weighted by atomic mass is 32.2. The Kier molecular flexibility index (Phi) is 5.98. The SMILES string of the molecule is CCCCCN(C)S(=O)(=O)c1c(C)cc(NN)cc1C. The van der Waals surface area contributed by atoms with Crippen LogP contribution in [0.4, 0.5) is 5.69 Å². The summed E-state index contributed by atoms with van der Waals surface area (Å²) in [7, 11) is -1.80. The van der Waals surface area contributed by atoms with Crippen LogP contribution in [0.25, 0.3) is 0 Å². The van der Waals surface area contributed by atoms with Gasteiger partial charge in [-0.1, -0.05) is 19.8 Å². The maximum atomic E-state index is 12.6. The van der Waals surface area contributed by atoms with Gasteiger partial charge in [-0.05, 0) is 43.5 Å². The molecule has 1 aromatic rings. The summed E-state index contributed by atoms with van der Waals surface area (Å²) in [6.07, 6.45) is 2.99. The van der Waals surface area contributed by atoms with E-state index in [4.69, 9.17) is 5.84 Å². The highest BCUT2D eigenvalue weighted by Gasteiger charge is 2.24. The van der Waals surface area contributed by atoms with Crippen LogP contribution >= 0.6 is 0 Å². The number of unbranched alkanes of at least 4 members (excludes halogenated alkanes) is 2. The number of nitrogen functional groups attached to an aromatic ring is 1. The van der Waals surface area contributed by atoms with Crippen molar-refractivity contribution in [2.45, 2.75) is 44.9 Å². The van der Waals surface area contributed by atoms with E-state index < -0.39 is 10.0 Å². The van der Waals surface area contributed by atoms with Crippen LogP contribution in [0.15, 0.2) is 17.0 Å². The number of hydrogen-bond donors (Lipinski definition) is 2. The first-order chi connectivity index (χ1) is 9.34. The van der Waals surface area contributed by atoms with Gasteiger partial charge in [0.25, 0.3) is 0 Å². The van der Waals surface area contributed by atoms with Crippen LogP contribution in [0.2, 0.25) is 0 Å². The van der Waals surface area contributed by atoms with Crippen LogP contribution in [0, 0.1) is 13.8 Å². The summed E-state index contributed by atoms with van der Waals surface area (Å²) in [5, 5.41) is 0. The number of nitrogens with zero attached hydrogens (tertiary/aromatic N) is 1. The Morgan fingerprint density at radius 2 is 1.75 bits per heavy atom. The van der Waals surface area contributed by atoms with E-state index in [0.29, 0.717) is 28.3 Å². The first-order valence-electron chi connectivity index (χ1n) is 6.88. The van der Waals surface area contributed by atoms with Gasteiger partial charge in [0.2, 0.25) is 10.0 Å². The van der Waals surface area contributed by atoms with Crippen molar-refractivity contribution in [3.8, 4) is 0 Å². The number of hydrazine groups is 1. The first kappa shape index (κ1) is 16.9. The Morgan fingerprint density at radius 3 is 2.20 bits per heavy atom. The summed E-state index contributed by atoms with van der Waals surface area (Å²) >= 11 is 0. The van der Waals surface area contributed by atoms with Gasteiger partial charge in [0.15, 0.2) is 0 Å². The van der Waals surface area contributed by atoms with Gasteiger partial charge < -0.3 is 5.43 Å². The molecule has 0 atom stereocenters. The van der Waals surface area contributed by atoms with Gasteiger partial charge in [-0.2, -0.15) is 0 Å². The predicted molar refractivity (Wildman–Crippen MR) is 83.1 cm³/mol. The van der Waals surface area contributed by atoms with Gasteiger partial charge in [0.1, 0.15) is 0 Å². The summed E-state index contributed by atoms with van der Waals surface area (Å²) in [5.41, 5.74) is 4.68. The minimum Gasteiger partial charge on any atom is -0.324 e. The van der Waals surface area contributed by atoms with Crippen molar-refractivity contribution in [3.05, 3.63) is 23.3 Å². The zero-order chi connectivity index (χ0) is 15.3. The quantitative estimate of drug-likeness (QED) is 0.460. The Morgan fingerprint density at radius 1 is 1.20 bits per heavy atom. The first-order valence-corrected chi connectivity index (χ1v) is 8.32. The Bertz CT molecular complexity index is 533. The Balaban J connectivity index is 3.09. The molecule has 0 saturated heterocycles. The third-order valence-electron chi connectivity index (χ3n) is 3.37. The molecule has 0 amide bonds. The molecule has 0 bridgehead atoms. The van der Waals surface area contributed by atoms with E-state index >= 15 is 0 Å². The maximum Gasteiger partial charge on any atom is 0.243 e. The van der Waals surface area contributed by atoms with E-state index in [-0.39, 0.29) is 0 Å². The lowest BCUT2D eigenvalue weighted by atomic mass is 10.1. The second-order valence-electron chi connectivity index (χ2n) is 5.12. The molecule has 114 valence electrons. The molecule has 0 unspecified atom stereocenters. The number of rotatable bonds is 7. The van der Waals surface area contributed by atoms with E-state index in [2.05, 4.69) is 12.3 Å². The molecule has 6 heteroatoms. The van der Waals surface area contributed by atoms with Gasteiger partial charge in [0.05, 0.1) is 4.90 Å². The average Bonchev–Trinajstić information content (AvgIpc) is 2.37. The molecule has 0 heterocycles. The third kappa shape index (κ3) is 3.71. The number of anilines is 1. The lowest BCUT2D eigenvalue weighted by Gasteiger charge is -2.20. The third-order valence-corrected chi connectivity index (χ3v) is 5.53. The number of benzene rings is 1. The van der Waals surface area contributed by atoms with Crippen LogP contribution in [0.5, 0.6) is 0 Å². The highest BCUT2D eigenvalue weighted by Crippen LogP contribution is 2.26. The van der Waals surface area contributed by atoms with Crippen molar-refractivity contribution in [3.63, 3.8) is 0 Å². The smallest absolute Gasteiger partial charge is 0.243 e. The van der Waals surface area contributed by atoms with Crippen LogP contribution in [-0.2, 0) is 10.0 Å². The van der Waals surface area contributed by atoms with Crippen molar-refractivity contribution < 1.29 is 8.42 Å². The fraction of sp³-hybridized carbons (Fsp3) is 0.571. The van der Waals surface area contributed by atoms with Crippen LogP contribution < -0.4 is 11.3 Å². The number of sulfonamides is 1. The van der Waals surface area contributed by atoms with Gasteiger partial charge in [-0.25, -0.2) is 12.7 Å². The van der Waals surface area contributed by atoms with Gasteiger partial charge >= 0.3 is 0 Å². The van der Waals surface area contributed by atoms with Crippen LogP contribution in [-0.4, -0.2) is 26.3 Å². The molecule has 5 nitrogen and oxygen atoms in total. The summed E-state index contributed by atoms with van der Waals surface area (Å²) in [6.45, 7) is 6.23.